The minimum absolute atomic E-state index is 0.0852. The van der Waals surface area contributed by atoms with Crippen molar-refractivity contribution in [1.82, 2.24) is 4.57 Å². The lowest BCUT2D eigenvalue weighted by Crippen LogP contribution is -2.15. The van der Waals surface area contributed by atoms with Crippen molar-refractivity contribution in [3.63, 3.8) is 0 Å². The SMILES string of the molecule is CCc1ccc(NC(=O)c2cc3ccccc3n2C)cc1. The molecular formula is C18H18N2O. The Morgan fingerprint density at radius 3 is 2.48 bits per heavy atom. The number of hydrogen-bond donors (Lipinski definition) is 1. The van der Waals surface area contributed by atoms with Crippen LogP contribution >= 0.6 is 0 Å². The van der Waals surface area contributed by atoms with Crippen molar-refractivity contribution in [2.75, 3.05) is 5.32 Å². The third-order valence-electron chi connectivity index (χ3n) is 3.80. The normalized spacial score (nSPS) is 10.8. The van der Waals surface area contributed by atoms with Gasteiger partial charge in [-0.1, -0.05) is 37.3 Å². The molecule has 0 aliphatic heterocycles. The van der Waals surface area contributed by atoms with Crippen LogP contribution in [0.1, 0.15) is 23.0 Å². The van der Waals surface area contributed by atoms with Gasteiger partial charge in [-0.05, 0) is 36.2 Å². The van der Waals surface area contributed by atoms with E-state index in [9.17, 15) is 4.79 Å². The van der Waals surface area contributed by atoms with E-state index < -0.39 is 0 Å². The quantitative estimate of drug-likeness (QED) is 0.772. The smallest absolute Gasteiger partial charge is 0.272 e. The molecule has 2 aromatic carbocycles. The second kappa shape index (κ2) is 5.44. The molecule has 21 heavy (non-hydrogen) atoms. The van der Waals surface area contributed by atoms with Crippen LogP contribution in [0.3, 0.4) is 0 Å². The second-order valence-corrected chi connectivity index (χ2v) is 5.15. The van der Waals surface area contributed by atoms with E-state index >= 15 is 0 Å². The first-order valence-electron chi connectivity index (χ1n) is 7.14. The van der Waals surface area contributed by atoms with Crippen molar-refractivity contribution in [3.8, 4) is 0 Å². The van der Waals surface area contributed by atoms with Crippen molar-refractivity contribution in [3.05, 3.63) is 65.9 Å². The van der Waals surface area contributed by atoms with Gasteiger partial charge < -0.3 is 9.88 Å². The maximum atomic E-state index is 12.4. The van der Waals surface area contributed by atoms with Gasteiger partial charge in [0.25, 0.3) is 5.91 Å². The maximum Gasteiger partial charge on any atom is 0.272 e. The number of para-hydroxylation sites is 1. The number of anilines is 1. The summed E-state index contributed by atoms with van der Waals surface area (Å²) in [5.41, 5.74) is 3.81. The number of nitrogens with one attached hydrogen (secondary N) is 1. The van der Waals surface area contributed by atoms with Crippen molar-refractivity contribution >= 4 is 22.5 Å². The Kier molecular flexibility index (Phi) is 3.48. The predicted molar refractivity (Wildman–Crippen MR) is 86.7 cm³/mol. The Hall–Kier alpha value is -2.55. The third-order valence-corrected chi connectivity index (χ3v) is 3.80. The minimum atomic E-state index is -0.0852. The topological polar surface area (TPSA) is 34.0 Å². The van der Waals surface area contributed by atoms with Gasteiger partial charge in [0.15, 0.2) is 0 Å². The van der Waals surface area contributed by atoms with Gasteiger partial charge in [0, 0.05) is 23.6 Å². The fourth-order valence-corrected chi connectivity index (χ4v) is 2.53. The van der Waals surface area contributed by atoms with Crippen molar-refractivity contribution in [1.29, 1.82) is 0 Å². The standard InChI is InChI=1S/C18H18N2O/c1-3-13-8-10-15(11-9-13)19-18(21)17-12-14-6-4-5-7-16(14)20(17)2/h4-12H,3H2,1-2H3,(H,19,21). The second-order valence-electron chi connectivity index (χ2n) is 5.15. The molecule has 0 aliphatic carbocycles. The van der Waals surface area contributed by atoms with E-state index in [-0.39, 0.29) is 5.91 Å². The molecule has 0 radical (unpaired) electrons. The van der Waals surface area contributed by atoms with E-state index in [1.54, 1.807) is 0 Å². The van der Waals surface area contributed by atoms with Crippen LogP contribution in [-0.2, 0) is 13.5 Å². The molecule has 3 rings (SSSR count). The zero-order chi connectivity index (χ0) is 14.8. The zero-order valence-electron chi connectivity index (χ0n) is 12.3. The molecule has 0 fully saturated rings. The van der Waals surface area contributed by atoms with Crippen LogP contribution in [0.25, 0.3) is 10.9 Å². The van der Waals surface area contributed by atoms with Gasteiger partial charge in [0.1, 0.15) is 5.69 Å². The van der Waals surface area contributed by atoms with Gasteiger partial charge in [0.2, 0.25) is 0 Å². The third kappa shape index (κ3) is 2.55. The molecule has 1 N–H and O–H groups in total. The largest absolute Gasteiger partial charge is 0.340 e. The van der Waals surface area contributed by atoms with Crippen LogP contribution in [0.15, 0.2) is 54.6 Å². The van der Waals surface area contributed by atoms with E-state index in [0.717, 1.165) is 23.0 Å². The fourth-order valence-electron chi connectivity index (χ4n) is 2.53. The summed E-state index contributed by atoms with van der Waals surface area (Å²) < 4.78 is 1.92. The number of aryl methyl sites for hydroxylation is 2. The summed E-state index contributed by atoms with van der Waals surface area (Å²) in [7, 11) is 1.91. The number of hydrogen-bond acceptors (Lipinski definition) is 1. The molecule has 0 saturated heterocycles. The number of amides is 1. The minimum Gasteiger partial charge on any atom is -0.340 e. The van der Waals surface area contributed by atoms with E-state index in [1.165, 1.54) is 5.56 Å². The maximum absolute atomic E-state index is 12.4. The number of aromatic nitrogens is 1. The Bertz CT molecular complexity index is 785. The van der Waals surface area contributed by atoms with Crippen LogP contribution < -0.4 is 5.32 Å². The summed E-state index contributed by atoms with van der Waals surface area (Å²) in [5.74, 6) is -0.0852. The highest BCUT2D eigenvalue weighted by Gasteiger charge is 2.13. The van der Waals surface area contributed by atoms with Crippen LogP contribution in [0.2, 0.25) is 0 Å². The van der Waals surface area contributed by atoms with Crippen LogP contribution in [0.5, 0.6) is 0 Å². The number of fused-ring (bicyclic) bond motifs is 1. The molecule has 3 heteroatoms. The van der Waals surface area contributed by atoms with Gasteiger partial charge in [0.05, 0.1) is 0 Å². The molecule has 1 heterocycles. The molecule has 1 amide bonds. The molecular weight excluding hydrogens is 260 g/mol. The molecule has 0 aliphatic rings. The van der Waals surface area contributed by atoms with E-state index in [1.807, 2.05) is 66.2 Å². The van der Waals surface area contributed by atoms with Crippen LogP contribution in [-0.4, -0.2) is 10.5 Å². The molecule has 0 spiro atoms. The van der Waals surface area contributed by atoms with Gasteiger partial charge >= 0.3 is 0 Å². The van der Waals surface area contributed by atoms with Crippen LogP contribution in [0, 0.1) is 0 Å². The van der Waals surface area contributed by atoms with Gasteiger partial charge in [-0.2, -0.15) is 0 Å². The van der Waals surface area contributed by atoms with Crippen LogP contribution in [0.4, 0.5) is 5.69 Å². The van der Waals surface area contributed by atoms with E-state index in [0.29, 0.717) is 5.69 Å². The van der Waals surface area contributed by atoms with Crippen molar-refractivity contribution < 1.29 is 4.79 Å². The predicted octanol–water partition coefficient (Wildman–Crippen LogP) is 3.99. The summed E-state index contributed by atoms with van der Waals surface area (Å²) in [6.45, 7) is 2.11. The van der Waals surface area contributed by atoms with E-state index in [4.69, 9.17) is 0 Å². The summed E-state index contributed by atoms with van der Waals surface area (Å²) in [4.78, 5) is 12.4. The summed E-state index contributed by atoms with van der Waals surface area (Å²) >= 11 is 0. The molecule has 0 unspecified atom stereocenters. The lowest BCUT2D eigenvalue weighted by Gasteiger charge is -2.07. The Morgan fingerprint density at radius 2 is 1.81 bits per heavy atom. The lowest BCUT2D eigenvalue weighted by molar-refractivity contribution is 0.102. The number of carbonyl (C=O) groups excluding carboxylic acids is 1. The molecule has 3 aromatic rings. The number of rotatable bonds is 3. The fraction of sp³-hybridized carbons (Fsp3) is 0.167. The summed E-state index contributed by atoms with van der Waals surface area (Å²) in [6.07, 6.45) is 0.997. The Morgan fingerprint density at radius 1 is 1.10 bits per heavy atom. The van der Waals surface area contributed by atoms with Crippen molar-refractivity contribution in [2.45, 2.75) is 13.3 Å². The highest BCUT2D eigenvalue weighted by molar-refractivity contribution is 6.06. The molecule has 0 saturated carbocycles. The zero-order valence-corrected chi connectivity index (χ0v) is 12.3. The highest BCUT2D eigenvalue weighted by Crippen LogP contribution is 2.19. The average molecular weight is 278 g/mol. The summed E-state index contributed by atoms with van der Waals surface area (Å²) in [5, 5.41) is 4.03. The molecule has 1 aromatic heterocycles. The lowest BCUT2D eigenvalue weighted by atomic mass is 10.1. The molecule has 106 valence electrons. The molecule has 0 atom stereocenters. The first kappa shape index (κ1) is 13.4. The van der Waals surface area contributed by atoms with E-state index in [2.05, 4.69) is 12.2 Å². The number of nitrogens with zero attached hydrogens (tertiary/aromatic N) is 1. The first-order chi connectivity index (χ1) is 10.2. The molecule has 0 bridgehead atoms. The number of benzene rings is 2. The highest BCUT2D eigenvalue weighted by atomic mass is 16.1. The monoisotopic (exact) mass is 278 g/mol. The van der Waals surface area contributed by atoms with Gasteiger partial charge in [-0.15, -0.1) is 0 Å². The average Bonchev–Trinajstić information content (AvgIpc) is 2.86. The van der Waals surface area contributed by atoms with Gasteiger partial charge in [-0.25, -0.2) is 0 Å². The van der Waals surface area contributed by atoms with Gasteiger partial charge in [-0.3, -0.25) is 4.79 Å². The molecule has 3 nitrogen and oxygen atoms in total. The Labute approximate surface area is 124 Å². The van der Waals surface area contributed by atoms with Crippen molar-refractivity contribution in [2.24, 2.45) is 7.05 Å². The number of carbonyl (C=O) groups is 1. The summed E-state index contributed by atoms with van der Waals surface area (Å²) in [6, 6.07) is 17.9. The Balaban J connectivity index is 1.87. The first-order valence-corrected chi connectivity index (χ1v) is 7.14.